The highest BCUT2D eigenvalue weighted by atomic mass is 16.5. The summed E-state index contributed by atoms with van der Waals surface area (Å²) in [6.07, 6.45) is 9.43. The van der Waals surface area contributed by atoms with Gasteiger partial charge in [0.05, 0.1) is 18.4 Å². The molecular formula is C21H24N4O2. The van der Waals surface area contributed by atoms with Gasteiger partial charge in [-0.25, -0.2) is 0 Å². The van der Waals surface area contributed by atoms with E-state index < -0.39 is 0 Å². The summed E-state index contributed by atoms with van der Waals surface area (Å²) in [4.78, 5) is 11.0. The number of aromatic nitrogens is 4. The van der Waals surface area contributed by atoms with Crippen LogP contribution in [-0.4, -0.2) is 32.6 Å². The quantitative estimate of drug-likeness (QED) is 0.592. The Labute approximate surface area is 158 Å². The zero-order valence-corrected chi connectivity index (χ0v) is 15.5. The molecule has 0 spiro atoms. The van der Waals surface area contributed by atoms with Crippen molar-refractivity contribution in [2.75, 3.05) is 0 Å². The summed E-state index contributed by atoms with van der Waals surface area (Å²) in [5.74, 6) is 0.577. The first kappa shape index (κ1) is 17.5. The summed E-state index contributed by atoms with van der Waals surface area (Å²) in [5.41, 5.74) is 5.80. The van der Waals surface area contributed by atoms with Gasteiger partial charge in [0.2, 0.25) is 0 Å². The zero-order valence-electron chi connectivity index (χ0n) is 15.5. The van der Waals surface area contributed by atoms with E-state index >= 15 is 0 Å². The van der Waals surface area contributed by atoms with Crippen LogP contribution >= 0.6 is 0 Å². The van der Waals surface area contributed by atoms with Gasteiger partial charge >= 0.3 is 0 Å². The third-order valence-corrected chi connectivity index (χ3v) is 5.01. The second-order valence-corrected chi connectivity index (χ2v) is 7.36. The topological polar surface area (TPSA) is 72.8 Å². The Kier molecular flexibility index (Phi) is 5.05. The molecule has 0 saturated heterocycles. The molecule has 1 aliphatic rings. The van der Waals surface area contributed by atoms with Crippen molar-refractivity contribution < 1.29 is 9.53 Å². The molecule has 0 aliphatic heterocycles. The number of rotatable bonds is 9. The van der Waals surface area contributed by atoms with Crippen molar-refractivity contribution in [1.82, 2.24) is 20.0 Å². The molecule has 6 nitrogen and oxygen atoms in total. The minimum atomic E-state index is -0.183. The van der Waals surface area contributed by atoms with Gasteiger partial charge in [0.1, 0.15) is 6.10 Å². The van der Waals surface area contributed by atoms with Gasteiger partial charge in [-0.05, 0) is 42.0 Å². The standard InChI is InChI=1S/C21H24N4O2/c1-15-10-23-25(12-15)13-17-4-2-16(3-5-17)8-20(27-14-26)9-19-11-22-24-21(19)18-6-7-18/h2-5,10-12,14,18,20H,6-9,13H2,1H3,(H,22,24). The SMILES string of the molecule is Cc1cnn(Cc2ccc(CC(Cc3c[nH]nc3C3CC3)OC=O)cc2)c1. The smallest absolute Gasteiger partial charge is 0.293 e. The molecule has 1 fully saturated rings. The molecule has 1 saturated carbocycles. The van der Waals surface area contributed by atoms with E-state index in [1.807, 2.05) is 30.2 Å². The third-order valence-electron chi connectivity index (χ3n) is 5.01. The molecule has 0 bridgehead atoms. The van der Waals surface area contributed by atoms with Crippen molar-refractivity contribution in [3.63, 3.8) is 0 Å². The normalized spacial score (nSPS) is 14.9. The van der Waals surface area contributed by atoms with E-state index in [0.29, 0.717) is 25.2 Å². The van der Waals surface area contributed by atoms with Crippen LogP contribution in [-0.2, 0) is 28.9 Å². The van der Waals surface area contributed by atoms with Gasteiger partial charge in [0.15, 0.2) is 0 Å². The van der Waals surface area contributed by atoms with Crippen LogP contribution in [0.3, 0.4) is 0 Å². The maximum absolute atomic E-state index is 11.0. The summed E-state index contributed by atoms with van der Waals surface area (Å²) in [5, 5.41) is 11.7. The third kappa shape index (κ3) is 4.45. The maximum atomic E-state index is 11.0. The molecule has 1 N–H and O–H groups in total. The largest absolute Gasteiger partial charge is 0.464 e. The first-order valence-corrected chi connectivity index (χ1v) is 9.40. The maximum Gasteiger partial charge on any atom is 0.293 e. The van der Waals surface area contributed by atoms with Gasteiger partial charge in [-0.1, -0.05) is 24.3 Å². The van der Waals surface area contributed by atoms with Crippen LogP contribution in [0.5, 0.6) is 0 Å². The van der Waals surface area contributed by atoms with Crippen LogP contribution in [0, 0.1) is 6.92 Å². The molecule has 2 heterocycles. The molecule has 6 heteroatoms. The van der Waals surface area contributed by atoms with E-state index in [1.165, 1.54) is 18.4 Å². The molecule has 3 aromatic rings. The highest BCUT2D eigenvalue weighted by molar-refractivity contribution is 5.38. The highest BCUT2D eigenvalue weighted by Gasteiger charge is 2.29. The van der Waals surface area contributed by atoms with Gasteiger partial charge in [0.25, 0.3) is 6.47 Å². The number of carbonyl (C=O) groups is 1. The predicted octanol–water partition coefficient (Wildman–Crippen LogP) is 3.17. The lowest BCUT2D eigenvalue weighted by Crippen LogP contribution is -2.19. The Hall–Kier alpha value is -2.89. The number of nitrogens with one attached hydrogen (secondary N) is 1. The average Bonchev–Trinajstić information content (AvgIpc) is 3.27. The van der Waals surface area contributed by atoms with Crippen molar-refractivity contribution in [2.24, 2.45) is 0 Å². The number of carbonyl (C=O) groups excluding carboxylic acids is 1. The number of H-pyrrole nitrogens is 1. The summed E-state index contributed by atoms with van der Waals surface area (Å²) < 4.78 is 7.30. The molecule has 1 aliphatic carbocycles. The Bertz CT molecular complexity index is 893. The van der Waals surface area contributed by atoms with Crippen LogP contribution in [0.1, 0.15) is 46.7 Å². The van der Waals surface area contributed by atoms with Crippen LogP contribution in [0.2, 0.25) is 0 Å². The van der Waals surface area contributed by atoms with Crippen molar-refractivity contribution in [2.45, 2.75) is 51.2 Å². The number of nitrogens with zero attached hydrogens (tertiary/aromatic N) is 3. The van der Waals surface area contributed by atoms with Gasteiger partial charge in [-0.2, -0.15) is 10.2 Å². The van der Waals surface area contributed by atoms with Crippen LogP contribution in [0.15, 0.2) is 42.9 Å². The van der Waals surface area contributed by atoms with Crippen molar-refractivity contribution in [3.05, 3.63) is 70.8 Å². The number of benzene rings is 1. The monoisotopic (exact) mass is 364 g/mol. The molecule has 0 radical (unpaired) electrons. The molecule has 140 valence electrons. The van der Waals surface area contributed by atoms with E-state index in [2.05, 4.69) is 39.6 Å². The second kappa shape index (κ2) is 7.78. The first-order chi connectivity index (χ1) is 13.2. The first-order valence-electron chi connectivity index (χ1n) is 9.40. The molecule has 27 heavy (non-hydrogen) atoms. The molecular weight excluding hydrogens is 340 g/mol. The summed E-state index contributed by atoms with van der Waals surface area (Å²) in [6.45, 7) is 3.34. The van der Waals surface area contributed by atoms with E-state index in [-0.39, 0.29) is 6.10 Å². The summed E-state index contributed by atoms with van der Waals surface area (Å²) in [7, 11) is 0. The number of hydrogen-bond acceptors (Lipinski definition) is 4. The minimum Gasteiger partial charge on any atom is -0.464 e. The highest BCUT2D eigenvalue weighted by Crippen LogP contribution is 2.40. The Morgan fingerprint density at radius 2 is 2.04 bits per heavy atom. The lowest BCUT2D eigenvalue weighted by atomic mass is 9.99. The number of aryl methyl sites for hydroxylation is 1. The number of ether oxygens (including phenoxy) is 1. The number of aromatic amines is 1. The molecule has 2 aromatic heterocycles. The molecule has 1 atom stereocenters. The van der Waals surface area contributed by atoms with E-state index in [0.717, 1.165) is 28.9 Å². The Morgan fingerprint density at radius 3 is 2.70 bits per heavy atom. The van der Waals surface area contributed by atoms with Crippen LogP contribution in [0.25, 0.3) is 0 Å². The van der Waals surface area contributed by atoms with Gasteiger partial charge in [0, 0.05) is 31.2 Å². The fraction of sp³-hybridized carbons (Fsp3) is 0.381. The van der Waals surface area contributed by atoms with Gasteiger partial charge < -0.3 is 4.74 Å². The van der Waals surface area contributed by atoms with Crippen LogP contribution in [0.4, 0.5) is 0 Å². The summed E-state index contributed by atoms with van der Waals surface area (Å²) in [6, 6.07) is 8.42. The Balaban J connectivity index is 1.40. The summed E-state index contributed by atoms with van der Waals surface area (Å²) >= 11 is 0. The molecule has 1 aromatic carbocycles. The predicted molar refractivity (Wildman–Crippen MR) is 101 cm³/mol. The fourth-order valence-corrected chi connectivity index (χ4v) is 3.48. The van der Waals surface area contributed by atoms with Gasteiger partial charge in [-0.15, -0.1) is 0 Å². The van der Waals surface area contributed by atoms with Crippen molar-refractivity contribution in [3.8, 4) is 0 Å². The van der Waals surface area contributed by atoms with Crippen LogP contribution < -0.4 is 0 Å². The Morgan fingerprint density at radius 1 is 1.26 bits per heavy atom. The zero-order chi connectivity index (χ0) is 18.6. The van der Waals surface area contributed by atoms with Gasteiger partial charge in [-0.3, -0.25) is 14.6 Å². The average molecular weight is 364 g/mol. The van der Waals surface area contributed by atoms with E-state index in [4.69, 9.17) is 4.74 Å². The molecule has 0 amide bonds. The second-order valence-electron chi connectivity index (χ2n) is 7.36. The van der Waals surface area contributed by atoms with E-state index in [1.54, 1.807) is 0 Å². The minimum absolute atomic E-state index is 0.183. The molecule has 4 rings (SSSR count). The lowest BCUT2D eigenvalue weighted by molar-refractivity contribution is -0.133. The lowest BCUT2D eigenvalue weighted by Gasteiger charge is -2.15. The number of hydrogen-bond donors (Lipinski definition) is 1. The fourth-order valence-electron chi connectivity index (χ4n) is 3.48. The molecule has 1 unspecified atom stereocenters. The van der Waals surface area contributed by atoms with Crippen molar-refractivity contribution >= 4 is 6.47 Å². The van der Waals surface area contributed by atoms with Crippen molar-refractivity contribution in [1.29, 1.82) is 0 Å². The van der Waals surface area contributed by atoms with E-state index in [9.17, 15) is 4.79 Å².